The van der Waals surface area contributed by atoms with Crippen LogP contribution in [0, 0.1) is 0 Å². The number of methoxy groups -OCH3 is 1. The number of rotatable bonds is 4. The SMILES string of the molecule is C=C(CC)C(=O)OC.CN(C)Cc1ccccc1.Cl. The molecule has 4 heteroatoms. The number of carbonyl (C=O) groups excluding carboxylic acids is 1. The number of hydrogen-bond acceptors (Lipinski definition) is 3. The van der Waals surface area contributed by atoms with Gasteiger partial charge >= 0.3 is 5.97 Å². The number of nitrogens with zero attached hydrogens (tertiary/aromatic N) is 1. The highest BCUT2D eigenvalue weighted by Gasteiger charge is 2.00. The number of halogens is 1. The molecule has 0 atom stereocenters. The number of benzene rings is 1. The zero-order chi connectivity index (χ0) is 14.0. The quantitative estimate of drug-likeness (QED) is 0.628. The number of hydrogen-bond donors (Lipinski definition) is 0. The Bertz CT molecular complexity index is 350. The third-order valence-electron chi connectivity index (χ3n) is 2.24. The molecule has 0 unspecified atom stereocenters. The molecule has 0 aliphatic rings. The van der Waals surface area contributed by atoms with Crippen molar-refractivity contribution in [3.8, 4) is 0 Å². The van der Waals surface area contributed by atoms with Gasteiger partial charge in [0.2, 0.25) is 0 Å². The molecule has 0 saturated heterocycles. The monoisotopic (exact) mass is 285 g/mol. The van der Waals surface area contributed by atoms with E-state index in [4.69, 9.17) is 0 Å². The van der Waals surface area contributed by atoms with Crippen molar-refractivity contribution in [1.82, 2.24) is 4.90 Å². The predicted octanol–water partition coefficient (Wildman–Crippen LogP) is 3.30. The van der Waals surface area contributed by atoms with Crippen LogP contribution >= 0.6 is 12.4 Å². The summed E-state index contributed by atoms with van der Waals surface area (Å²) in [5, 5.41) is 0. The van der Waals surface area contributed by atoms with Crippen LogP contribution in [0.15, 0.2) is 42.5 Å². The Morgan fingerprint density at radius 1 is 1.26 bits per heavy atom. The molecule has 0 N–H and O–H groups in total. The van der Waals surface area contributed by atoms with E-state index < -0.39 is 0 Å². The van der Waals surface area contributed by atoms with Crippen LogP contribution in [0.4, 0.5) is 0 Å². The first-order chi connectivity index (χ1) is 8.51. The average molecular weight is 286 g/mol. The van der Waals surface area contributed by atoms with Crippen LogP contribution in [0.25, 0.3) is 0 Å². The lowest BCUT2D eigenvalue weighted by Crippen LogP contribution is -2.10. The third-order valence-corrected chi connectivity index (χ3v) is 2.24. The molecule has 1 rings (SSSR count). The van der Waals surface area contributed by atoms with E-state index in [9.17, 15) is 4.79 Å². The standard InChI is InChI=1S/C9H13N.C6H10O2.ClH/c1-10(2)8-9-6-4-3-5-7-9;1-4-5(2)6(7)8-3;/h3-7H,8H2,1-2H3;2,4H2,1,3H3;1H. The first-order valence-corrected chi connectivity index (χ1v) is 5.96. The maximum Gasteiger partial charge on any atom is 0.333 e. The van der Waals surface area contributed by atoms with E-state index in [0.29, 0.717) is 12.0 Å². The first kappa shape index (κ1) is 20.0. The molecule has 108 valence electrons. The topological polar surface area (TPSA) is 29.5 Å². The van der Waals surface area contributed by atoms with Gasteiger partial charge in [-0.1, -0.05) is 43.8 Å². The fraction of sp³-hybridized carbons (Fsp3) is 0.400. The van der Waals surface area contributed by atoms with Crippen molar-refractivity contribution in [2.45, 2.75) is 19.9 Å². The fourth-order valence-electron chi connectivity index (χ4n) is 1.24. The molecule has 0 heterocycles. The lowest BCUT2D eigenvalue weighted by atomic mass is 10.2. The highest BCUT2D eigenvalue weighted by molar-refractivity contribution is 5.87. The van der Waals surface area contributed by atoms with Gasteiger partial charge in [0.05, 0.1) is 7.11 Å². The van der Waals surface area contributed by atoms with Crippen LogP contribution in [0.1, 0.15) is 18.9 Å². The normalized spacial score (nSPS) is 8.89. The van der Waals surface area contributed by atoms with Gasteiger partial charge in [0.15, 0.2) is 0 Å². The third kappa shape index (κ3) is 10.3. The van der Waals surface area contributed by atoms with Gasteiger partial charge in [0.1, 0.15) is 0 Å². The van der Waals surface area contributed by atoms with Crippen LogP contribution in [-0.2, 0) is 16.1 Å². The van der Waals surface area contributed by atoms with Gasteiger partial charge in [-0.2, -0.15) is 0 Å². The van der Waals surface area contributed by atoms with E-state index in [-0.39, 0.29) is 18.4 Å². The van der Waals surface area contributed by atoms with Crippen LogP contribution in [0.2, 0.25) is 0 Å². The van der Waals surface area contributed by atoms with Gasteiger partial charge in [0, 0.05) is 12.1 Å². The molecule has 19 heavy (non-hydrogen) atoms. The second kappa shape index (κ2) is 11.8. The lowest BCUT2D eigenvalue weighted by Gasteiger charge is -2.08. The van der Waals surface area contributed by atoms with Crippen LogP contribution in [0.5, 0.6) is 0 Å². The summed E-state index contributed by atoms with van der Waals surface area (Å²) >= 11 is 0. The summed E-state index contributed by atoms with van der Waals surface area (Å²) in [5.74, 6) is -0.312. The highest BCUT2D eigenvalue weighted by Crippen LogP contribution is 1.99. The van der Waals surface area contributed by atoms with E-state index in [2.05, 4.69) is 54.6 Å². The summed E-state index contributed by atoms with van der Waals surface area (Å²) in [4.78, 5) is 12.6. The molecule has 0 bridgehead atoms. The van der Waals surface area contributed by atoms with Crippen LogP contribution in [0.3, 0.4) is 0 Å². The molecule has 0 radical (unpaired) electrons. The Morgan fingerprint density at radius 2 is 1.79 bits per heavy atom. The number of ether oxygens (including phenoxy) is 1. The summed E-state index contributed by atoms with van der Waals surface area (Å²) in [6, 6.07) is 10.5. The van der Waals surface area contributed by atoms with E-state index in [0.717, 1.165) is 6.54 Å². The Morgan fingerprint density at radius 3 is 2.11 bits per heavy atom. The molecule has 0 aliphatic carbocycles. The number of esters is 1. The largest absolute Gasteiger partial charge is 0.466 e. The maximum absolute atomic E-state index is 10.4. The number of carbonyl (C=O) groups is 1. The smallest absolute Gasteiger partial charge is 0.333 e. The van der Waals surface area contributed by atoms with Crippen molar-refractivity contribution in [1.29, 1.82) is 0 Å². The van der Waals surface area contributed by atoms with Gasteiger partial charge in [-0.15, -0.1) is 12.4 Å². The van der Waals surface area contributed by atoms with E-state index in [1.54, 1.807) is 0 Å². The van der Waals surface area contributed by atoms with Crippen molar-refractivity contribution in [2.24, 2.45) is 0 Å². The second-order valence-corrected chi connectivity index (χ2v) is 4.17. The molecule has 0 amide bonds. The Kier molecular flexibility index (Phi) is 12.4. The zero-order valence-electron chi connectivity index (χ0n) is 12.2. The maximum atomic E-state index is 10.4. The Balaban J connectivity index is 0. The Labute approximate surface area is 122 Å². The summed E-state index contributed by atoms with van der Waals surface area (Å²) < 4.78 is 4.36. The van der Waals surface area contributed by atoms with Crippen molar-refractivity contribution in [3.05, 3.63) is 48.0 Å². The molecular weight excluding hydrogens is 262 g/mol. The fourth-order valence-corrected chi connectivity index (χ4v) is 1.24. The van der Waals surface area contributed by atoms with E-state index >= 15 is 0 Å². The highest BCUT2D eigenvalue weighted by atomic mass is 35.5. The summed E-state index contributed by atoms with van der Waals surface area (Å²) in [6.07, 6.45) is 0.659. The molecule has 1 aromatic carbocycles. The van der Waals surface area contributed by atoms with Gasteiger partial charge in [0.25, 0.3) is 0 Å². The summed E-state index contributed by atoms with van der Waals surface area (Å²) in [5.41, 5.74) is 1.89. The van der Waals surface area contributed by atoms with Gasteiger partial charge in [-0.25, -0.2) is 4.79 Å². The second-order valence-electron chi connectivity index (χ2n) is 4.17. The predicted molar refractivity (Wildman–Crippen MR) is 82.5 cm³/mol. The minimum Gasteiger partial charge on any atom is -0.466 e. The minimum absolute atomic E-state index is 0. The van der Waals surface area contributed by atoms with Crippen molar-refractivity contribution < 1.29 is 9.53 Å². The van der Waals surface area contributed by atoms with Crippen LogP contribution in [-0.4, -0.2) is 32.1 Å². The molecule has 0 saturated carbocycles. The first-order valence-electron chi connectivity index (χ1n) is 5.96. The molecule has 3 nitrogen and oxygen atoms in total. The Hall–Kier alpha value is -1.32. The summed E-state index contributed by atoms with van der Waals surface area (Å²) in [7, 11) is 5.50. The van der Waals surface area contributed by atoms with E-state index in [1.807, 2.05) is 13.0 Å². The molecule has 0 spiro atoms. The molecule has 1 aromatic rings. The summed E-state index contributed by atoms with van der Waals surface area (Å²) in [6.45, 7) is 6.36. The molecule has 0 fully saturated rings. The van der Waals surface area contributed by atoms with Gasteiger partial charge in [-0.05, 0) is 26.1 Å². The molecular formula is C15H24ClNO2. The van der Waals surface area contributed by atoms with Crippen molar-refractivity contribution >= 4 is 18.4 Å². The lowest BCUT2D eigenvalue weighted by molar-refractivity contribution is -0.136. The van der Waals surface area contributed by atoms with Gasteiger partial charge < -0.3 is 9.64 Å². The van der Waals surface area contributed by atoms with Crippen molar-refractivity contribution in [2.75, 3.05) is 21.2 Å². The van der Waals surface area contributed by atoms with Gasteiger partial charge in [-0.3, -0.25) is 0 Å². The van der Waals surface area contributed by atoms with E-state index in [1.165, 1.54) is 12.7 Å². The van der Waals surface area contributed by atoms with Crippen molar-refractivity contribution in [3.63, 3.8) is 0 Å². The average Bonchev–Trinajstić information content (AvgIpc) is 2.38. The zero-order valence-corrected chi connectivity index (χ0v) is 13.0. The molecule has 0 aromatic heterocycles. The minimum atomic E-state index is -0.312. The molecule has 0 aliphatic heterocycles. The van der Waals surface area contributed by atoms with Crippen LogP contribution < -0.4 is 0 Å².